The van der Waals surface area contributed by atoms with Crippen LogP contribution in [0, 0.1) is 29.6 Å². The summed E-state index contributed by atoms with van der Waals surface area (Å²) in [6, 6.07) is 0. The van der Waals surface area contributed by atoms with Crippen molar-refractivity contribution >= 4 is 37.2 Å². The summed E-state index contributed by atoms with van der Waals surface area (Å²) >= 11 is 4.24. The van der Waals surface area contributed by atoms with Crippen molar-refractivity contribution in [3.05, 3.63) is 0 Å². The van der Waals surface area contributed by atoms with Crippen molar-refractivity contribution in [2.75, 3.05) is 6.54 Å². The first-order valence-corrected chi connectivity index (χ1v) is 11.4. The van der Waals surface area contributed by atoms with Gasteiger partial charge in [-0.25, -0.2) is 0 Å². The molecule has 2 aliphatic carbocycles. The lowest BCUT2D eigenvalue weighted by Crippen LogP contribution is -2.29. The molecule has 5 unspecified atom stereocenters. The van der Waals surface area contributed by atoms with Gasteiger partial charge in [-0.2, -0.15) is 0 Å². The van der Waals surface area contributed by atoms with E-state index in [-0.39, 0.29) is 0 Å². The Kier molecular flexibility index (Phi) is 5.27. The maximum Gasteiger partial charge on any atom is 0 e. The highest BCUT2D eigenvalue weighted by atomic mass is 128. The molecule has 0 aliphatic heterocycles. The Balaban J connectivity index is 0.000000396. The fourth-order valence-electron chi connectivity index (χ4n) is 3.37. The fourth-order valence-corrected chi connectivity index (χ4v) is 3.37. The number of rotatable bonds is 1. The molecule has 2 fully saturated rings. The van der Waals surface area contributed by atoms with Gasteiger partial charge < -0.3 is 5.73 Å². The molecule has 0 saturated heterocycles. The number of fused-ring (bicyclic) bond motifs is 2. The molecule has 0 aromatic carbocycles. The average Bonchev–Trinajstić information content (AvgIpc) is 2.71. The van der Waals surface area contributed by atoms with Crippen LogP contribution < -0.4 is 5.73 Å². The van der Waals surface area contributed by atoms with Crippen LogP contribution in [0.1, 0.15) is 26.7 Å². The second-order valence-electron chi connectivity index (χ2n) is 4.61. The largest absolute Gasteiger partial charge is 0.330 e. The van der Waals surface area contributed by atoms with E-state index in [0.717, 1.165) is 36.1 Å². The molecule has 0 radical (unpaired) electrons. The van der Waals surface area contributed by atoms with Crippen molar-refractivity contribution in [1.82, 2.24) is 0 Å². The molecular formula is C10H19I2N. The molecule has 78 valence electrons. The van der Waals surface area contributed by atoms with Gasteiger partial charge in [-0.3, -0.25) is 0 Å². The third-order valence-corrected chi connectivity index (χ3v) is 4.34. The Bertz CT molecular complexity index is 157. The molecular weight excluding hydrogens is 388 g/mol. The first kappa shape index (κ1) is 12.5. The van der Waals surface area contributed by atoms with E-state index >= 15 is 0 Å². The van der Waals surface area contributed by atoms with Crippen molar-refractivity contribution in [3.63, 3.8) is 0 Å². The molecule has 2 bridgehead atoms. The molecule has 0 aromatic rings. The summed E-state index contributed by atoms with van der Waals surface area (Å²) in [5.74, 6) is 4.78. The minimum Gasteiger partial charge on any atom is -0.330 e. The normalized spacial score (nSPS) is 47.3. The zero-order chi connectivity index (χ0) is 10.0. The van der Waals surface area contributed by atoms with Crippen LogP contribution in [0.25, 0.3) is 0 Å². The SMILES string of the molecule is CC1C2CC(CN)C(C2)C1C.II. The predicted octanol–water partition coefficient (Wildman–Crippen LogP) is 3.64. The standard InChI is InChI=1S/C10H19N.I2/c1-6-7(2)10-4-8(6)3-9(10)5-11;1-2/h6-10H,3-5,11H2,1-2H3;. The molecule has 0 amide bonds. The van der Waals surface area contributed by atoms with Crippen molar-refractivity contribution in [2.24, 2.45) is 35.3 Å². The van der Waals surface area contributed by atoms with E-state index in [0.29, 0.717) is 0 Å². The van der Waals surface area contributed by atoms with E-state index < -0.39 is 0 Å². The van der Waals surface area contributed by atoms with Crippen LogP contribution in [0.3, 0.4) is 0 Å². The number of halogens is 2. The van der Waals surface area contributed by atoms with Gasteiger partial charge in [0.05, 0.1) is 0 Å². The molecule has 13 heavy (non-hydrogen) atoms. The zero-order valence-electron chi connectivity index (χ0n) is 8.34. The first-order valence-electron chi connectivity index (χ1n) is 5.08. The topological polar surface area (TPSA) is 26.0 Å². The number of hydrogen-bond donors (Lipinski definition) is 1. The minimum atomic E-state index is 0.867. The van der Waals surface area contributed by atoms with Crippen molar-refractivity contribution in [3.8, 4) is 0 Å². The summed E-state index contributed by atoms with van der Waals surface area (Å²) < 4.78 is 0. The second kappa shape index (κ2) is 5.49. The van der Waals surface area contributed by atoms with Crippen LogP contribution in [0.15, 0.2) is 0 Å². The summed E-state index contributed by atoms with van der Waals surface area (Å²) in [5.41, 5.74) is 5.73. The van der Waals surface area contributed by atoms with E-state index in [2.05, 4.69) is 51.1 Å². The highest BCUT2D eigenvalue weighted by molar-refractivity contribution is 15.0. The molecule has 0 aromatic heterocycles. The third-order valence-electron chi connectivity index (χ3n) is 4.34. The lowest BCUT2D eigenvalue weighted by Gasteiger charge is -2.30. The van der Waals surface area contributed by atoms with Crippen molar-refractivity contribution in [2.45, 2.75) is 26.7 Å². The molecule has 0 heterocycles. The highest BCUT2D eigenvalue weighted by Gasteiger charge is 2.47. The summed E-state index contributed by atoms with van der Waals surface area (Å²) in [4.78, 5) is 0. The van der Waals surface area contributed by atoms with E-state index in [4.69, 9.17) is 5.73 Å². The Morgan fingerprint density at radius 1 is 1.15 bits per heavy atom. The third kappa shape index (κ3) is 2.33. The summed E-state index contributed by atoms with van der Waals surface area (Å²) in [5, 5.41) is 0. The zero-order valence-corrected chi connectivity index (χ0v) is 12.7. The van der Waals surface area contributed by atoms with Crippen molar-refractivity contribution in [1.29, 1.82) is 0 Å². The molecule has 5 atom stereocenters. The Morgan fingerprint density at radius 2 is 1.77 bits per heavy atom. The van der Waals surface area contributed by atoms with Gasteiger partial charge in [0, 0.05) is 37.2 Å². The van der Waals surface area contributed by atoms with Gasteiger partial charge in [0.1, 0.15) is 0 Å². The molecule has 3 heteroatoms. The molecule has 2 rings (SSSR count). The van der Waals surface area contributed by atoms with Crippen LogP contribution in [0.2, 0.25) is 0 Å². The van der Waals surface area contributed by atoms with Gasteiger partial charge >= 0.3 is 0 Å². The Labute approximate surface area is 105 Å². The highest BCUT2D eigenvalue weighted by Crippen LogP contribution is 2.54. The summed E-state index contributed by atoms with van der Waals surface area (Å²) in [6.07, 6.45) is 2.90. The van der Waals surface area contributed by atoms with Gasteiger partial charge in [0.2, 0.25) is 0 Å². The smallest absolute Gasteiger partial charge is 0 e. The monoisotopic (exact) mass is 407 g/mol. The van der Waals surface area contributed by atoms with E-state index in [1.54, 1.807) is 0 Å². The van der Waals surface area contributed by atoms with Crippen LogP contribution in [-0.4, -0.2) is 6.54 Å². The first-order chi connectivity index (χ1) is 6.24. The lowest BCUT2D eigenvalue weighted by molar-refractivity contribution is 0.194. The van der Waals surface area contributed by atoms with Crippen LogP contribution in [-0.2, 0) is 0 Å². The van der Waals surface area contributed by atoms with Gasteiger partial charge in [0.15, 0.2) is 0 Å². The van der Waals surface area contributed by atoms with Crippen LogP contribution in [0.5, 0.6) is 0 Å². The quantitative estimate of drug-likeness (QED) is 0.661. The molecule has 2 N–H and O–H groups in total. The minimum absolute atomic E-state index is 0.867. The maximum atomic E-state index is 5.73. The molecule has 2 saturated carbocycles. The maximum absolute atomic E-state index is 5.73. The van der Waals surface area contributed by atoms with Gasteiger partial charge in [-0.1, -0.05) is 13.8 Å². The lowest BCUT2D eigenvalue weighted by atomic mass is 9.76. The molecule has 1 nitrogen and oxygen atoms in total. The predicted molar refractivity (Wildman–Crippen MR) is 75.1 cm³/mol. The van der Waals surface area contributed by atoms with Gasteiger partial charge in [0.25, 0.3) is 0 Å². The summed E-state index contributed by atoms with van der Waals surface area (Å²) in [7, 11) is 0. The van der Waals surface area contributed by atoms with E-state index in [1.165, 1.54) is 12.8 Å². The van der Waals surface area contributed by atoms with Gasteiger partial charge in [-0.15, -0.1) is 0 Å². The molecule has 2 aliphatic rings. The van der Waals surface area contributed by atoms with Crippen molar-refractivity contribution < 1.29 is 0 Å². The molecule has 0 spiro atoms. The summed E-state index contributed by atoms with van der Waals surface area (Å²) in [6.45, 7) is 5.76. The van der Waals surface area contributed by atoms with Gasteiger partial charge in [-0.05, 0) is 49.0 Å². The fraction of sp³-hybridized carbons (Fsp3) is 1.00. The number of nitrogens with two attached hydrogens (primary N) is 1. The Morgan fingerprint density at radius 3 is 2.15 bits per heavy atom. The van der Waals surface area contributed by atoms with Crippen LogP contribution >= 0.6 is 37.2 Å². The Hall–Kier alpha value is 1.42. The number of hydrogen-bond acceptors (Lipinski definition) is 1. The van der Waals surface area contributed by atoms with E-state index in [9.17, 15) is 0 Å². The van der Waals surface area contributed by atoms with E-state index in [1.807, 2.05) is 0 Å². The van der Waals surface area contributed by atoms with Crippen LogP contribution in [0.4, 0.5) is 0 Å². The average molecular weight is 407 g/mol. The second-order valence-corrected chi connectivity index (χ2v) is 4.61.